The predicted octanol–water partition coefficient (Wildman–Crippen LogP) is 4.64. The standard InChI is InChI=1S/C20H18ClN3O/c21-17-8-6-16(7-9-17)20(25)24-19-11-10-18(14-23-19)22-13-12-15-4-2-1-3-5-15/h1-11,14,22H,12-13H2,(H,23,24,25). The Labute approximate surface area is 151 Å². The van der Waals surface area contributed by atoms with E-state index in [1.165, 1.54) is 5.56 Å². The van der Waals surface area contributed by atoms with Gasteiger partial charge in [-0.15, -0.1) is 0 Å². The number of hydrogen-bond donors (Lipinski definition) is 2. The molecule has 0 radical (unpaired) electrons. The van der Waals surface area contributed by atoms with Gasteiger partial charge in [0.1, 0.15) is 5.82 Å². The molecule has 0 saturated carbocycles. The lowest BCUT2D eigenvalue weighted by molar-refractivity contribution is 0.102. The monoisotopic (exact) mass is 351 g/mol. The van der Waals surface area contributed by atoms with Crippen LogP contribution < -0.4 is 10.6 Å². The van der Waals surface area contributed by atoms with Crippen LogP contribution in [0.2, 0.25) is 5.02 Å². The van der Waals surface area contributed by atoms with Crippen molar-refractivity contribution in [3.05, 3.63) is 89.1 Å². The van der Waals surface area contributed by atoms with Crippen molar-refractivity contribution in [3.8, 4) is 0 Å². The van der Waals surface area contributed by atoms with Gasteiger partial charge in [-0.2, -0.15) is 0 Å². The van der Waals surface area contributed by atoms with Crippen molar-refractivity contribution >= 4 is 29.0 Å². The number of anilines is 2. The number of halogens is 1. The number of carbonyl (C=O) groups is 1. The summed E-state index contributed by atoms with van der Waals surface area (Å²) in [6.07, 6.45) is 2.65. The first-order valence-electron chi connectivity index (χ1n) is 8.01. The number of nitrogens with one attached hydrogen (secondary N) is 2. The van der Waals surface area contributed by atoms with Gasteiger partial charge in [-0.3, -0.25) is 4.79 Å². The lowest BCUT2D eigenvalue weighted by Crippen LogP contribution is -2.13. The third kappa shape index (κ3) is 5.06. The smallest absolute Gasteiger partial charge is 0.256 e. The van der Waals surface area contributed by atoms with E-state index in [4.69, 9.17) is 11.6 Å². The molecule has 3 aromatic rings. The molecule has 0 unspecified atom stereocenters. The summed E-state index contributed by atoms with van der Waals surface area (Å²) in [5.41, 5.74) is 2.74. The van der Waals surface area contributed by atoms with E-state index in [-0.39, 0.29) is 5.91 Å². The van der Waals surface area contributed by atoms with Gasteiger partial charge in [-0.05, 0) is 48.4 Å². The fraction of sp³-hybridized carbons (Fsp3) is 0.100. The zero-order valence-corrected chi connectivity index (χ0v) is 14.3. The van der Waals surface area contributed by atoms with Crippen LogP contribution in [0.4, 0.5) is 11.5 Å². The summed E-state index contributed by atoms with van der Waals surface area (Å²) in [6, 6.07) is 20.7. The maximum atomic E-state index is 12.1. The van der Waals surface area contributed by atoms with Crippen LogP contribution in [0.25, 0.3) is 0 Å². The molecule has 0 aliphatic heterocycles. The second-order valence-electron chi connectivity index (χ2n) is 5.56. The van der Waals surface area contributed by atoms with Gasteiger partial charge < -0.3 is 10.6 Å². The zero-order chi connectivity index (χ0) is 17.5. The van der Waals surface area contributed by atoms with Gasteiger partial charge in [-0.25, -0.2) is 4.98 Å². The number of carbonyl (C=O) groups excluding carboxylic acids is 1. The summed E-state index contributed by atoms with van der Waals surface area (Å²) in [4.78, 5) is 16.4. The molecule has 1 amide bonds. The van der Waals surface area contributed by atoms with E-state index < -0.39 is 0 Å². The highest BCUT2D eigenvalue weighted by atomic mass is 35.5. The first kappa shape index (κ1) is 17.0. The summed E-state index contributed by atoms with van der Waals surface area (Å²) >= 11 is 5.82. The Morgan fingerprint density at radius 2 is 1.72 bits per heavy atom. The minimum atomic E-state index is -0.214. The summed E-state index contributed by atoms with van der Waals surface area (Å²) < 4.78 is 0. The van der Waals surface area contributed by atoms with Crippen molar-refractivity contribution < 1.29 is 4.79 Å². The highest BCUT2D eigenvalue weighted by Crippen LogP contribution is 2.13. The Balaban J connectivity index is 1.51. The average Bonchev–Trinajstić information content (AvgIpc) is 2.64. The van der Waals surface area contributed by atoms with Crippen LogP contribution in [0.15, 0.2) is 72.9 Å². The largest absolute Gasteiger partial charge is 0.383 e. The molecule has 2 N–H and O–H groups in total. The molecular weight excluding hydrogens is 334 g/mol. The molecular formula is C20H18ClN3O. The third-order valence-corrected chi connectivity index (χ3v) is 3.95. The Kier molecular flexibility index (Phi) is 5.65. The van der Waals surface area contributed by atoms with Gasteiger partial charge in [0.25, 0.3) is 5.91 Å². The lowest BCUT2D eigenvalue weighted by atomic mass is 10.1. The summed E-state index contributed by atoms with van der Waals surface area (Å²) in [7, 11) is 0. The Bertz CT molecular complexity index is 818. The predicted molar refractivity (Wildman–Crippen MR) is 102 cm³/mol. The van der Waals surface area contributed by atoms with Crippen LogP contribution in [0.3, 0.4) is 0 Å². The first-order chi connectivity index (χ1) is 12.2. The van der Waals surface area contributed by atoms with Gasteiger partial charge in [0.2, 0.25) is 0 Å². The fourth-order valence-electron chi connectivity index (χ4n) is 2.36. The minimum absolute atomic E-state index is 0.214. The number of aromatic nitrogens is 1. The second kappa shape index (κ2) is 8.31. The Morgan fingerprint density at radius 1 is 0.960 bits per heavy atom. The van der Waals surface area contributed by atoms with Crippen LogP contribution in [0, 0.1) is 0 Å². The fourth-order valence-corrected chi connectivity index (χ4v) is 2.48. The molecule has 3 rings (SSSR count). The molecule has 0 bridgehead atoms. The van der Waals surface area contributed by atoms with E-state index in [0.717, 1.165) is 18.7 Å². The molecule has 0 saturated heterocycles. The van der Waals surface area contributed by atoms with Crippen molar-refractivity contribution in [1.29, 1.82) is 0 Å². The second-order valence-corrected chi connectivity index (χ2v) is 5.99. The number of benzene rings is 2. The first-order valence-corrected chi connectivity index (χ1v) is 8.39. The van der Waals surface area contributed by atoms with Crippen LogP contribution >= 0.6 is 11.6 Å². The molecule has 0 spiro atoms. The van der Waals surface area contributed by atoms with Gasteiger partial charge in [0.15, 0.2) is 0 Å². The van der Waals surface area contributed by atoms with Crippen molar-refractivity contribution in [2.45, 2.75) is 6.42 Å². The van der Waals surface area contributed by atoms with Crippen molar-refractivity contribution in [1.82, 2.24) is 4.98 Å². The molecule has 0 atom stereocenters. The van der Waals surface area contributed by atoms with Crippen LogP contribution in [-0.4, -0.2) is 17.4 Å². The van der Waals surface area contributed by atoms with E-state index in [9.17, 15) is 4.79 Å². The molecule has 25 heavy (non-hydrogen) atoms. The lowest BCUT2D eigenvalue weighted by Gasteiger charge is -2.08. The summed E-state index contributed by atoms with van der Waals surface area (Å²) in [5.74, 6) is 0.294. The van der Waals surface area contributed by atoms with Crippen molar-refractivity contribution in [2.24, 2.45) is 0 Å². The van der Waals surface area contributed by atoms with Gasteiger partial charge in [0, 0.05) is 17.1 Å². The van der Waals surface area contributed by atoms with Crippen molar-refractivity contribution in [2.75, 3.05) is 17.2 Å². The molecule has 126 valence electrons. The number of nitrogens with zero attached hydrogens (tertiary/aromatic N) is 1. The number of hydrogen-bond acceptors (Lipinski definition) is 3. The quantitative estimate of drug-likeness (QED) is 0.680. The summed E-state index contributed by atoms with van der Waals surface area (Å²) in [6.45, 7) is 0.822. The number of pyridine rings is 1. The van der Waals surface area contributed by atoms with Crippen LogP contribution in [0.5, 0.6) is 0 Å². The summed E-state index contributed by atoms with van der Waals surface area (Å²) in [5, 5.41) is 6.69. The zero-order valence-electron chi connectivity index (χ0n) is 13.6. The van der Waals surface area contributed by atoms with E-state index in [2.05, 4.69) is 27.8 Å². The van der Waals surface area contributed by atoms with Gasteiger partial charge in [0.05, 0.1) is 11.9 Å². The molecule has 0 aliphatic rings. The van der Waals surface area contributed by atoms with E-state index in [0.29, 0.717) is 16.4 Å². The number of amides is 1. The van der Waals surface area contributed by atoms with E-state index in [1.807, 2.05) is 24.3 Å². The molecule has 1 aromatic heterocycles. The average molecular weight is 352 g/mol. The molecule has 5 heteroatoms. The van der Waals surface area contributed by atoms with Gasteiger partial charge >= 0.3 is 0 Å². The normalized spacial score (nSPS) is 10.3. The minimum Gasteiger partial charge on any atom is -0.383 e. The molecule has 2 aromatic carbocycles. The topological polar surface area (TPSA) is 54.0 Å². The highest BCUT2D eigenvalue weighted by Gasteiger charge is 2.06. The maximum absolute atomic E-state index is 12.1. The molecule has 1 heterocycles. The Morgan fingerprint density at radius 3 is 2.40 bits per heavy atom. The van der Waals surface area contributed by atoms with Crippen LogP contribution in [-0.2, 0) is 6.42 Å². The van der Waals surface area contributed by atoms with Crippen molar-refractivity contribution in [3.63, 3.8) is 0 Å². The molecule has 4 nitrogen and oxygen atoms in total. The van der Waals surface area contributed by atoms with E-state index in [1.54, 1.807) is 36.5 Å². The highest BCUT2D eigenvalue weighted by molar-refractivity contribution is 6.30. The Hall–Kier alpha value is -2.85. The number of rotatable bonds is 6. The van der Waals surface area contributed by atoms with E-state index >= 15 is 0 Å². The molecule has 0 fully saturated rings. The van der Waals surface area contributed by atoms with Crippen LogP contribution in [0.1, 0.15) is 15.9 Å². The third-order valence-electron chi connectivity index (χ3n) is 3.70. The molecule has 0 aliphatic carbocycles. The SMILES string of the molecule is O=C(Nc1ccc(NCCc2ccccc2)cn1)c1ccc(Cl)cc1. The van der Waals surface area contributed by atoms with Gasteiger partial charge in [-0.1, -0.05) is 41.9 Å². The maximum Gasteiger partial charge on any atom is 0.256 e.